The lowest BCUT2D eigenvalue weighted by molar-refractivity contribution is -0.141. The normalized spacial score (nSPS) is 11.3. The van der Waals surface area contributed by atoms with E-state index in [1.54, 1.807) is 0 Å². The zero-order valence-electron chi connectivity index (χ0n) is 14.3. The molecule has 0 aliphatic rings. The molecule has 1 rings (SSSR count). The Balaban J connectivity index is 2.84. The Morgan fingerprint density at radius 1 is 1.08 bits per heavy atom. The first-order chi connectivity index (χ1) is 11.8. The van der Waals surface area contributed by atoms with Crippen molar-refractivity contribution in [2.75, 3.05) is 27.3 Å². The number of nitrogens with zero attached hydrogens (tertiary/aromatic N) is 1. The van der Waals surface area contributed by atoms with Gasteiger partial charge in [-0.1, -0.05) is 6.42 Å². The molecule has 0 atom stereocenters. The minimum absolute atomic E-state index is 0.0300. The fourth-order valence-corrected chi connectivity index (χ4v) is 3.55. The minimum atomic E-state index is -3.87. The van der Waals surface area contributed by atoms with E-state index in [4.69, 9.17) is 9.84 Å². The highest BCUT2D eigenvalue weighted by atomic mass is 32.2. The molecule has 0 saturated carbocycles. The smallest absolute Gasteiger partial charge is 0.321 e. The van der Waals surface area contributed by atoms with Crippen LogP contribution in [0.4, 0.5) is 0 Å². The van der Waals surface area contributed by atoms with Crippen molar-refractivity contribution in [3.63, 3.8) is 0 Å². The largest absolute Gasteiger partial charge is 0.497 e. The number of rotatable bonds is 11. The van der Waals surface area contributed by atoms with Gasteiger partial charge in [-0.05, 0) is 37.1 Å². The third kappa shape index (κ3) is 6.71. The van der Waals surface area contributed by atoms with Gasteiger partial charge in [0.25, 0.3) is 0 Å². The van der Waals surface area contributed by atoms with E-state index in [9.17, 15) is 18.0 Å². The molecule has 0 aliphatic heterocycles. The molecule has 0 radical (unpaired) electrons. The summed E-state index contributed by atoms with van der Waals surface area (Å²) < 4.78 is 36.1. The van der Waals surface area contributed by atoms with Crippen molar-refractivity contribution >= 4 is 22.0 Å². The van der Waals surface area contributed by atoms with Crippen LogP contribution in [0.25, 0.3) is 0 Å². The van der Waals surface area contributed by atoms with E-state index in [0.29, 0.717) is 25.0 Å². The number of unbranched alkanes of at least 4 members (excludes halogenated alkanes) is 2. The lowest BCUT2D eigenvalue weighted by Gasteiger charge is -2.21. The number of esters is 1. The second-order valence-corrected chi connectivity index (χ2v) is 7.23. The summed E-state index contributed by atoms with van der Waals surface area (Å²) in [5.74, 6) is -1.04. The summed E-state index contributed by atoms with van der Waals surface area (Å²) >= 11 is 0. The zero-order chi connectivity index (χ0) is 18.9. The van der Waals surface area contributed by atoms with E-state index in [1.807, 2.05) is 0 Å². The molecule has 0 bridgehead atoms. The number of hydrogen-bond donors (Lipinski definition) is 1. The first-order valence-electron chi connectivity index (χ1n) is 7.74. The van der Waals surface area contributed by atoms with Crippen LogP contribution in [0.1, 0.15) is 25.7 Å². The number of ether oxygens (including phenoxy) is 2. The number of sulfonamides is 1. The van der Waals surface area contributed by atoms with Gasteiger partial charge in [-0.25, -0.2) is 8.42 Å². The number of carboxylic acid groups (broad SMARTS) is 1. The molecule has 0 aromatic heterocycles. The van der Waals surface area contributed by atoms with Crippen LogP contribution in [-0.2, 0) is 24.3 Å². The van der Waals surface area contributed by atoms with E-state index < -0.39 is 28.5 Å². The molecular formula is C16H23NO7S. The Kier molecular flexibility index (Phi) is 8.36. The summed E-state index contributed by atoms with van der Waals surface area (Å²) in [5, 5.41) is 8.62. The van der Waals surface area contributed by atoms with E-state index in [1.165, 1.54) is 38.5 Å². The Hall–Kier alpha value is -2.13. The van der Waals surface area contributed by atoms with Crippen molar-refractivity contribution in [3.05, 3.63) is 24.3 Å². The second-order valence-electron chi connectivity index (χ2n) is 5.29. The predicted molar refractivity (Wildman–Crippen MR) is 89.9 cm³/mol. The van der Waals surface area contributed by atoms with Crippen molar-refractivity contribution in [1.82, 2.24) is 4.31 Å². The SMILES string of the molecule is COC(=O)CN(CCCCCC(=O)O)S(=O)(=O)c1ccc(OC)cc1. The van der Waals surface area contributed by atoms with Crippen LogP contribution in [0.2, 0.25) is 0 Å². The first-order valence-corrected chi connectivity index (χ1v) is 9.18. The third-order valence-corrected chi connectivity index (χ3v) is 5.39. The highest BCUT2D eigenvalue weighted by Crippen LogP contribution is 2.20. The Labute approximate surface area is 147 Å². The van der Waals surface area contributed by atoms with Crippen LogP contribution in [0, 0.1) is 0 Å². The number of aliphatic carboxylic acids is 1. The summed E-state index contributed by atoms with van der Waals surface area (Å²) in [7, 11) is -1.21. The molecule has 140 valence electrons. The second kappa shape index (κ2) is 10.00. The maximum atomic E-state index is 12.7. The topological polar surface area (TPSA) is 110 Å². The van der Waals surface area contributed by atoms with Crippen LogP contribution in [0.5, 0.6) is 5.75 Å². The molecule has 1 aromatic rings. The standard InChI is InChI=1S/C16H23NO7S/c1-23-13-7-9-14(10-8-13)25(21,22)17(12-16(20)24-2)11-5-3-4-6-15(18)19/h7-10H,3-6,11-12H2,1-2H3,(H,18,19). The summed E-state index contributed by atoms with van der Waals surface area (Å²) in [5.41, 5.74) is 0. The van der Waals surface area contributed by atoms with Gasteiger partial charge in [-0.2, -0.15) is 4.31 Å². The van der Waals surface area contributed by atoms with Gasteiger partial charge < -0.3 is 14.6 Å². The first kappa shape index (κ1) is 20.9. The van der Waals surface area contributed by atoms with E-state index in [2.05, 4.69) is 4.74 Å². The van der Waals surface area contributed by atoms with Gasteiger partial charge in [-0.3, -0.25) is 9.59 Å². The van der Waals surface area contributed by atoms with Crippen molar-refractivity contribution in [3.8, 4) is 5.75 Å². The van der Waals surface area contributed by atoms with Crippen LogP contribution in [0.3, 0.4) is 0 Å². The average Bonchev–Trinajstić information content (AvgIpc) is 2.59. The molecule has 0 saturated heterocycles. The lowest BCUT2D eigenvalue weighted by Crippen LogP contribution is -2.37. The van der Waals surface area contributed by atoms with Gasteiger partial charge in [0, 0.05) is 13.0 Å². The molecule has 1 N–H and O–H groups in total. The van der Waals surface area contributed by atoms with Crippen LogP contribution < -0.4 is 4.74 Å². The number of benzene rings is 1. The lowest BCUT2D eigenvalue weighted by atomic mass is 10.2. The Bertz CT molecular complexity index is 670. The summed E-state index contributed by atoms with van der Waals surface area (Å²) in [4.78, 5) is 22.1. The van der Waals surface area contributed by atoms with Gasteiger partial charge in [0.15, 0.2) is 0 Å². The molecule has 0 amide bonds. The van der Waals surface area contributed by atoms with Crippen LogP contribution in [-0.4, -0.2) is 57.1 Å². The molecule has 8 nitrogen and oxygen atoms in total. The van der Waals surface area contributed by atoms with Crippen molar-refractivity contribution < 1.29 is 32.6 Å². The monoisotopic (exact) mass is 373 g/mol. The number of carbonyl (C=O) groups excluding carboxylic acids is 1. The highest BCUT2D eigenvalue weighted by Gasteiger charge is 2.26. The predicted octanol–water partition coefficient (Wildman–Crippen LogP) is 1.50. The van der Waals surface area contributed by atoms with Gasteiger partial charge in [0.05, 0.1) is 19.1 Å². The Morgan fingerprint density at radius 2 is 1.72 bits per heavy atom. The van der Waals surface area contributed by atoms with Crippen molar-refractivity contribution in [1.29, 1.82) is 0 Å². The molecule has 0 heterocycles. The minimum Gasteiger partial charge on any atom is -0.497 e. The maximum Gasteiger partial charge on any atom is 0.321 e. The molecular weight excluding hydrogens is 350 g/mol. The molecule has 0 fully saturated rings. The van der Waals surface area contributed by atoms with Crippen LogP contribution in [0.15, 0.2) is 29.2 Å². The summed E-state index contributed by atoms with van der Waals surface area (Å²) in [6.45, 7) is -0.299. The molecule has 1 aromatic carbocycles. The zero-order valence-corrected chi connectivity index (χ0v) is 15.1. The van der Waals surface area contributed by atoms with Gasteiger partial charge in [0.1, 0.15) is 12.3 Å². The van der Waals surface area contributed by atoms with Crippen molar-refractivity contribution in [2.45, 2.75) is 30.6 Å². The van der Waals surface area contributed by atoms with E-state index >= 15 is 0 Å². The van der Waals surface area contributed by atoms with Gasteiger partial charge in [0.2, 0.25) is 10.0 Å². The van der Waals surface area contributed by atoms with Crippen LogP contribution >= 0.6 is 0 Å². The number of carboxylic acids is 1. The van der Waals surface area contributed by atoms with Gasteiger partial charge in [-0.15, -0.1) is 0 Å². The summed E-state index contributed by atoms with van der Waals surface area (Å²) in [6.07, 6.45) is 1.47. The average molecular weight is 373 g/mol. The fraction of sp³-hybridized carbons (Fsp3) is 0.500. The van der Waals surface area contributed by atoms with Crippen molar-refractivity contribution in [2.24, 2.45) is 0 Å². The number of hydrogen-bond acceptors (Lipinski definition) is 6. The Morgan fingerprint density at radius 3 is 2.24 bits per heavy atom. The quantitative estimate of drug-likeness (QED) is 0.462. The maximum absolute atomic E-state index is 12.7. The number of carbonyl (C=O) groups is 2. The van der Waals surface area contributed by atoms with Gasteiger partial charge >= 0.3 is 11.9 Å². The third-order valence-electron chi connectivity index (χ3n) is 3.53. The number of methoxy groups -OCH3 is 2. The van der Waals surface area contributed by atoms with E-state index in [0.717, 1.165) is 4.31 Å². The molecule has 0 unspecified atom stereocenters. The molecule has 0 spiro atoms. The van der Waals surface area contributed by atoms with E-state index in [-0.39, 0.29) is 17.9 Å². The fourth-order valence-electron chi connectivity index (χ4n) is 2.13. The summed E-state index contributed by atoms with van der Waals surface area (Å²) in [6, 6.07) is 5.86. The molecule has 9 heteroatoms. The highest BCUT2D eigenvalue weighted by molar-refractivity contribution is 7.89. The molecule has 25 heavy (non-hydrogen) atoms. The molecule has 0 aliphatic carbocycles.